The van der Waals surface area contributed by atoms with Crippen molar-refractivity contribution in [3.63, 3.8) is 0 Å². The minimum atomic E-state index is 0.198. The summed E-state index contributed by atoms with van der Waals surface area (Å²) in [5.74, 6) is 1.15. The minimum absolute atomic E-state index is 0.198. The van der Waals surface area contributed by atoms with Crippen LogP contribution in [-0.4, -0.2) is 35.9 Å². The Morgan fingerprint density at radius 3 is 3.17 bits per heavy atom. The maximum absolute atomic E-state index is 7.54. The smallest absolute Gasteiger partial charge is 0.213 e. The summed E-state index contributed by atoms with van der Waals surface area (Å²) < 4.78 is 5.12. The number of nitrogens with two attached hydrogens (primary N) is 1. The van der Waals surface area contributed by atoms with E-state index in [4.69, 9.17) is 15.9 Å². The van der Waals surface area contributed by atoms with Gasteiger partial charge >= 0.3 is 0 Å². The normalized spacial score (nSPS) is 20.6. The van der Waals surface area contributed by atoms with Gasteiger partial charge in [0.1, 0.15) is 0 Å². The fourth-order valence-electron chi connectivity index (χ4n) is 2.34. The van der Waals surface area contributed by atoms with E-state index in [1.807, 2.05) is 18.2 Å². The van der Waals surface area contributed by atoms with Gasteiger partial charge in [-0.25, -0.2) is 4.98 Å². The molecule has 0 aliphatic carbocycles. The number of pyridine rings is 1. The summed E-state index contributed by atoms with van der Waals surface area (Å²) in [6, 6.07) is 5.80. The van der Waals surface area contributed by atoms with E-state index >= 15 is 0 Å². The molecule has 1 saturated heterocycles. The Balaban J connectivity index is 1.97. The summed E-state index contributed by atoms with van der Waals surface area (Å²) in [6.07, 6.45) is 2.12. The Morgan fingerprint density at radius 2 is 2.44 bits per heavy atom. The third-order valence-corrected chi connectivity index (χ3v) is 3.32. The molecule has 1 aromatic heterocycles. The molecule has 1 aliphatic rings. The molecule has 2 heterocycles. The van der Waals surface area contributed by atoms with Crippen molar-refractivity contribution in [2.45, 2.75) is 19.4 Å². The van der Waals surface area contributed by atoms with E-state index in [0.717, 1.165) is 38.2 Å². The lowest BCUT2D eigenvalue weighted by atomic mass is 9.97. The van der Waals surface area contributed by atoms with Crippen LogP contribution < -0.4 is 10.5 Å². The first kappa shape index (κ1) is 12.8. The van der Waals surface area contributed by atoms with Crippen molar-refractivity contribution in [2.75, 3.05) is 20.2 Å². The minimum Gasteiger partial charge on any atom is -0.481 e. The molecule has 0 radical (unpaired) electrons. The van der Waals surface area contributed by atoms with E-state index < -0.39 is 0 Å². The molecule has 0 saturated carbocycles. The van der Waals surface area contributed by atoms with Crippen molar-refractivity contribution in [1.82, 2.24) is 9.88 Å². The average molecular weight is 248 g/mol. The highest BCUT2D eigenvalue weighted by Gasteiger charge is 2.22. The molecule has 98 valence electrons. The SMILES string of the molecule is COc1cccc(CN2CCCC(C(=N)N)C2)n1. The van der Waals surface area contributed by atoms with Crippen LogP contribution in [0.5, 0.6) is 5.88 Å². The van der Waals surface area contributed by atoms with Crippen molar-refractivity contribution in [2.24, 2.45) is 11.7 Å². The highest BCUT2D eigenvalue weighted by Crippen LogP contribution is 2.18. The van der Waals surface area contributed by atoms with Gasteiger partial charge in [-0.2, -0.15) is 0 Å². The number of ether oxygens (including phenoxy) is 1. The second kappa shape index (κ2) is 5.82. The van der Waals surface area contributed by atoms with Crippen LogP contribution in [0, 0.1) is 11.3 Å². The summed E-state index contributed by atoms with van der Waals surface area (Å²) in [4.78, 5) is 6.71. The lowest BCUT2D eigenvalue weighted by Crippen LogP contribution is -2.40. The maximum Gasteiger partial charge on any atom is 0.213 e. The molecule has 1 aromatic rings. The van der Waals surface area contributed by atoms with Gasteiger partial charge in [0.2, 0.25) is 5.88 Å². The predicted octanol–water partition coefficient (Wildman–Crippen LogP) is 1.24. The van der Waals surface area contributed by atoms with Gasteiger partial charge in [-0.15, -0.1) is 0 Å². The zero-order valence-corrected chi connectivity index (χ0v) is 10.7. The molecule has 1 fully saturated rings. The van der Waals surface area contributed by atoms with Gasteiger partial charge < -0.3 is 10.5 Å². The number of aromatic nitrogens is 1. The number of likely N-dealkylation sites (tertiary alicyclic amines) is 1. The number of nitrogens with zero attached hydrogens (tertiary/aromatic N) is 2. The van der Waals surface area contributed by atoms with Crippen LogP contribution in [0.1, 0.15) is 18.5 Å². The van der Waals surface area contributed by atoms with Gasteiger partial charge in [-0.3, -0.25) is 10.3 Å². The summed E-state index contributed by atoms with van der Waals surface area (Å²) in [6.45, 7) is 2.69. The fourth-order valence-corrected chi connectivity index (χ4v) is 2.34. The Morgan fingerprint density at radius 1 is 1.61 bits per heavy atom. The number of hydrogen-bond donors (Lipinski definition) is 2. The highest BCUT2D eigenvalue weighted by molar-refractivity contribution is 5.79. The van der Waals surface area contributed by atoms with Crippen molar-refractivity contribution in [3.05, 3.63) is 23.9 Å². The molecular formula is C13H20N4O. The molecule has 1 unspecified atom stereocenters. The second-order valence-corrected chi connectivity index (χ2v) is 4.70. The van der Waals surface area contributed by atoms with Crippen molar-refractivity contribution in [3.8, 4) is 5.88 Å². The van der Waals surface area contributed by atoms with Crippen LogP contribution in [0.2, 0.25) is 0 Å². The quantitative estimate of drug-likeness (QED) is 0.621. The summed E-state index contributed by atoms with van der Waals surface area (Å²) >= 11 is 0. The van der Waals surface area contributed by atoms with Crippen molar-refractivity contribution < 1.29 is 4.74 Å². The van der Waals surface area contributed by atoms with Crippen molar-refractivity contribution >= 4 is 5.84 Å². The highest BCUT2D eigenvalue weighted by atomic mass is 16.5. The first-order valence-electron chi connectivity index (χ1n) is 6.25. The molecule has 5 nitrogen and oxygen atoms in total. The first-order valence-corrected chi connectivity index (χ1v) is 6.25. The summed E-state index contributed by atoms with van der Waals surface area (Å²) in [5.41, 5.74) is 6.59. The zero-order valence-electron chi connectivity index (χ0n) is 10.7. The Hall–Kier alpha value is -1.62. The fraction of sp³-hybridized carbons (Fsp3) is 0.538. The number of rotatable bonds is 4. The van der Waals surface area contributed by atoms with Gasteiger partial charge in [-0.1, -0.05) is 6.07 Å². The van der Waals surface area contributed by atoms with Gasteiger partial charge in [-0.05, 0) is 25.5 Å². The number of hydrogen-bond acceptors (Lipinski definition) is 4. The Kier molecular flexibility index (Phi) is 4.15. The van der Waals surface area contributed by atoms with Crippen LogP contribution >= 0.6 is 0 Å². The summed E-state index contributed by atoms with van der Waals surface area (Å²) in [7, 11) is 1.62. The van der Waals surface area contributed by atoms with E-state index in [-0.39, 0.29) is 5.92 Å². The standard InChI is InChI=1S/C13H20N4O/c1-18-12-6-2-5-11(16-12)9-17-7-3-4-10(8-17)13(14)15/h2,5-6,10H,3-4,7-9H2,1H3,(H3,14,15). The van der Waals surface area contributed by atoms with Gasteiger partial charge in [0.25, 0.3) is 0 Å². The molecule has 1 aliphatic heterocycles. The van der Waals surface area contributed by atoms with E-state index in [0.29, 0.717) is 11.7 Å². The van der Waals surface area contributed by atoms with Crippen molar-refractivity contribution in [1.29, 1.82) is 5.41 Å². The van der Waals surface area contributed by atoms with Crippen LogP contribution in [0.25, 0.3) is 0 Å². The summed E-state index contributed by atoms with van der Waals surface area (Å²) in [5, 5.41) is 7.54. The predicted molar refractivity (Wildman–Crippen MR) is 70.7 cm³/mol. The topological polar surface area (TPSA) is 75.2 Å². The number of methoxy groups -OCH3 is 1. The van der Waals surface area contributed by atoms with Crippen LogP contribution in [0.4, 0.5) is 0 Å². The Labute approximate surface area is 107 Å². The second-order valence-electron chi connectivity index (χ2n) is 4.70. The third-order valence-electron chi connectivity index (χ3n) is 3.32. The number of nitrogens with one attached hydrogen (secondary N) is 1. The monoisotopic (exact) mass is 248 g/mol. The van der Waals surface area contributed by atoms with Crippen LogP contribution in [-0.2, 0) is 6.54 Å². The molecule has 2 rings (SSSR count). The van der Waals surface area contributed by atoms with Gasteiger partial charge in [0, 0.05) is 25.1 Å². The van der Waals surface area contributed by atoms with Gasteiger partial charge in [0.05, 0.1) is 18.6 Å². The van der Waals surface area contributed by atoms with Crippen LogP contribution in [0.15, 0.2) is 18.2 Å². The molecule has 18 heavy (non-hydrogen) atoms. The van der Waals surface area contributed by atoms with E-state index in [1.165, 1.54) is 0 Å². The zero-order chi connectivity index (χ0) is 13.0. The third kappa shape index (κ3) is 3.20. The lowest BCUT2D eigenvalue weighted by Gasteiger charge is -2.31. The molecular weight excluding hydrogens is 228 g/mol. The lowest BCUT2D eigenvalue weighted by molar-refractivity contribution is 0.193. The number of amidine groups is 1. The molecule has 5 heteroatoms. The molecule has 0 bridgehead atoms. The van der Waals surface area contributed by atoms with Crippen LogP contribution in [0.3, 0.4) is 0 Å². The molecule has 1 atom stereocenters. The van der Waals surface area contributed by atoms with E-state index in [1.54, 1.807) is 7.11 Å². The number of piperidine rings is 1. The largest absolute Gasteiger partial charge is 0.481 e. The maximum atomic E-state index is 7.54. The van der Waals surface area contributed by atoms with E-state index in [2.05, 4.69) is 9.88 Å². The van der Waals surface area contributed by atoms with Gasteiger partial charge in [0.15, 0.2) is 0 Å². The first-order chi connectivity index (χ1) is 8.69. The molecule has 0 spiro atoms. The molecule has 0 amide bonds. The molecule has 0 aromatic carbocycles. The van der Waals surface area contributed by atoms with E-state index in [9.17, 15) is 0 Å². The molecule has 3 N–H and O–H groups in total. The average Bonchev–Trinajstić information content (AvgIpc) is 2.39. The Bertz CT molecular complexity index is 421.